The van der Waals surface area contributed by atoms with Crippen molar-refractivity contribution in [3.05, 3.63) is 46.6 Å². The molecule has 0 spiro atoms. The average molecular weight is 187 g/mol. The van der Waals surface area contributed by atoms with Crippen LogP contribution in [0.2, 0.25) is 0 Å². The molecular weight excluding hydrogens is 178 g/mol. The Morgan fingerprint density at radius 3 is 3.21 bits per heavy atom. The predicted molar refractivity (Wildman–Crippen MR) is 52.8 cm³/mol. The fourth-order valence-electron chi connectivity index (χ4n) is 1.34. The number of aromatic nitrogens is 2. The second kappa shape index (κ2) is 3.40. The van der Waals surface area contributed by atoms with Crippen LogP contribution in [0.4, 0.5) is 0 Å². The topological polar surface area (TPSA) is 66.1 Å². The molecule has 1 unspecified atom stereocenters. The lowest BCUT2D eigenvalue weighted by Gasteiger charge is -2.04. The molecule has 0 fully saturated rings. The summed E-state index contributed by atoms with van der Waals surface area (Å²) >= 11 is 0. The zero-order valence-corrected chi connectivity index (χ0v) is 7.70. The van der Waals surface area contributed by atoms with Crippen molar-refractivity contribution in [2.45, 2.75) is 13.0 Å². The van der Waals surface area contributed by atoms with Crippen LogP contribution < -0.4 is 0 Å². The van der Waals surface area contributed by atoms with Crippen LogP contribution >= 0.6 is 0 Å². The molecule has 0 aliphatic heterocycles. The summed E-state index contributed by atoms with van der Waals surface area (Å²) in [5.74, 6) is 0. The summed E-state index contributed by atoms with van der Waals surface area (Å²) in [6, 6.07) is 5.64. The standard InChI is InChI=1S/C9H9N5/c1-7(12-13-10)8-3-5-14-9(6-8)2-4-11-14/h2-7H,1H3. The SMILES string of the molecule is CC(N=[N+]=[N-])c1ccn2nccc2c1. The summed E-state index contributed by atoms with van der Waals surface area (Å²) in [5.41, 5.74) is 10.3. The molecule has 0 bridgehead atoms. The van der Waals surface area contributed by atoms with Crippen LogP contribution in [0, 0.1) is 0 Å². The molecule has 5 heteroatoms. The van der Waals surface area contributed by atoms with Crippen molar-refractivity contribution in [3.8, 4) is 0 Å². The molecule has 0 aromatic carbocycles. The molecule has 1 atom stereocenters. The highest BCUT2D eigenvalue weighted by molar-refractivity contribution is 5.48. The van der Waals surface area contributed by atoms with E-state index in [9.17, 15) is 0 Å². The van der Waals surface area contributed by atoms with Gasteiger partial charge in [0.2, 0.25) is 0 Å². The minimum absolute atomic E-state index is 0.139. The van der Waals surface area contributed by atoms with Gasteiger partial charge in [-0.05, 0) is 29.3 Å². The maximum absolute atomic E-state index is 8.31. The number of hydrogen-bond acceptors (Lipinski definition) is 2. The van der Waals surface area contributed by atoms with Gasteiger partial charge in [-0.3, -0.25) is 0 Å². The van der Waals surface area contributed by atoms with Crippen LogP contribution in [0.3, 0.4) is 0 Å². The van der Waals surface area contributed by atoms with E-state index in [-0.39, 0.29) is 6.04 Å². The summed E-state index contributed by atoms with van der Waals surface area (Å²) in [6.07, 6.45) is 3.59. The second-order valence-electron chi connectivity index (χ2n) is 3.04. The van der Waals surface area contributed by atoms with Crippen LogP contribution in [0.25, 0.3) is 16.0 Å². The first kappa shape index (κ1) is 8.59. The molecule has 0 saturated carbocycles. The van der Waals surface area contributed by atoms with Gasteiger partial charge in [0.15, 0.2) is 0 Å². The highest BCUT2D eigenvalue weighted by atomic mass is 15.2. The van der Waals surface area contributed by atoms with Crippen molar-refractivity contribution in [2.75, 3.05) is 0 Å². The molecule has 2 rings (SSSR count). The van der Waals surface area contributed by atoms with Gasteiger partial charge in [-0.1, -0.05) is 12.0 Å². The maximum Gasteiger partial charge on any atom is 0.0664 e. The quantitative estimate of drug-likeness (QED) is 0.405. The van der Waals surface area contributed by atoms with Crippen LogP contribution in [0.1, 0.15) is 18.5 Å². The van der Waals surface area contributed by atoms with Crippen molar-refractivity contribution in [1.29, 1.82) is 0 Å². The molecule has 14 heavy (non-hydrogen) atoms. The van der Waals surface area contributed by atoms with E-state index in [4.69, 9.17) is 5.53 Å². The summed E-state index contributed by atoms with van der Waals surface area (Å²) in [7, 11) is 0. The van der Waals surface area contributed by atoms with Crippen molar-refractivity contribution >= 4 is 5.52 Å². The van der Waals surface area contributed by atoms with Gasteiger partial charge in [0.05, 0.1) is 11.6 Å². The fraction of sp³-hybridized carbons (Fsp3) is 0.222. The van der Waals surface area contributed by atoms with E-state index in [0.717, 1.165) is 11.1 Å². The Hall–Kier alpha value is -2.00. The van der Waals surface area contributed by atoms with E-state index >= 15 is 0 Å². The van der Waals surface area contributed by atoms with Crippen molar-refractivity contribution in [2.24, 2.45) is 5.11 Å². The van der Waals surface area contributed by atoms with Gasteiger partial charge in [-0.25, -0.2) is 4.52 Å². The number of fused-ring (bicyclic) bond motifs is 1. The fourth-order valence-corrected chi connectivity index (χ4v) is 1.34. The molecule has 0 amide bonds. The lowest BCUT2D eigenvalue weighted by molar-refractivity contribution is 0.802. The number of rotatable bonds is 2. The van der Waals surface area contributed by atoms with Gasteiger partial charge in [0, 0.05) is 17.3 Å². The molecular formula is C9H9N5. The number of azide groups is 1. The first-order valence-corrected chi connectivity index (χ1v) is 4.29. The molecule has 2 heterocycles. The van der Waals surface area contributed by atoms with E-state index in [1.807, 2.05) is 31.3 Å². The molecule has 2 aromatic heterocycles. The lowest BCUT2D eigenvalue weighted by atomic mass is 10.1. The molecule has 5 nitrogen and oxygen atoms in total. The normalized spacial score (nSPS) is 12.4. The summed E-state index contributed by atoms with van der Waals surface area (Å²) in [6.45, 7) is 1.86. The molecule has 0 saturated heterocycles. The minimum atomic E-state index is -0.139. The largest absolute Gasteiger partial charge is 0.241 e. The number of pyridine rings is 1. The van der Waals surface area contributed by atoms with Crippen molar-refractivity contribution in [3.63, 3.8) is 0 Å². The zero-order chi connectivity index (χ0) is 9.97. The molecule has 0 aliphatic rings. The number of nitrogens with zero attached hydrogens (tertiary/aromatic N) is 5. The molecule has 70 valence electrons. The monoisotopic (exact) mass is 187 g/mol. The predicted octanol–water partition coefficient (Wildman–Crippen LogP) is 2.71. The molecule has 2 aromatic rings. The molecule has 0 aliphatic carbocycles. The average Bonchev–Trinajstić information content (AvgIpc) is 2.64. The Bertz CT molecular complexity index is 495. The van der Waals surface area contributed by atoms with Crippen LogP contribution in [-0.4, -0.2) is 9.61 Å². The highest BCUT2D eigenvalue weighted by Gasteiger charge is 2.03. The van der Waals surface area contributed by atoms with Gasteiger partial charge in [-0.15, -0.1) is 0 Å². The van der Waals surface area contributed by atoms with Crippen molar-refractivity contribution < 1.29 is 0 Å². The molecule has 0 radical (unpaired) electrons. The Morgan fingerprint density at radius 1 is 1.57 bits per heavy atom. The molecule has 0 N–H and O–H groups in total. The third-order valence-electron chi connectivity index (χ3n) is 2.13. The van der Waals surface area contributed by atoms with Crippen LogP contribution in [0.5, 0.6) is 0 Å². The van der Waals surface area contributed by atoms with E-state index in [1.54, 1.807) is 10.7 Å². The van der Waals surface area contributed by atoms with E-state index < -0.39 is 0 Å². The summed E-state index contributed by atoms with van der Waals surface area (Å²) in [4.78, 5) is 2.78. The van der Waals surface area contributed by atoms with Crippen molar-refractivity contribution in [1.82, 2.24) is 9.61 Å². The Morgan fingerprint density at radius 2 is 2.43 bits per heavy atom. The first-order valence-electron chi connectivity index (χ1n) is 4.29. The maximum atomic E-state index is 8.31. The van der Waals surface area contributed by atoms with Gasteiger partial charge in [-0.2, -0.15) is 5.10 Å². The second-order valence-corrected chi connectivity index (χ2v) is 3.04. The van der Waals surface area contributed by atoms with Gasteiger partial charge < -0.3 is 0 Å². The summed E-state index contributed by atoms with van der Waals surface area (Å²) < 4.78 is 1.77. The van der Waals surface area contributed by atoms with Crippen LogP contribution in [-0.2, 0) is 0 Å². The first-order chi connectivity index (χ1) is 6.81. The summed E-state index contributed by atoms with van der Waals surface area (Å²) in [5, 5.41) is 7.72. The third-order valence-corrected chi connectivity index (χ3v) is 2.13. The van der Waals surface area contributed by atoms with E-state index in [0.29, 0.717) is 0 Å². The smallest absolute Gasteiger partial charge is 0.0664 e. The third kappa shape index (κ3) is 1.41. The van der Waals surface area contributed by atoms with E-state index in [1.165, 1.54) is 0 Å². The van der Waals surface area contributed by atoms with Gasteiger partial charge in [0.25, 0.3) is 0 Å². The van der Waals surface area contributed by atoms with Crippen LogP contribution in [0.15, 0.2) is 35.7 Å². The Balaban J connectivity index is 2.48. The highest BCUT2D eigenvalue weighted by Crippen LogP contribution is 2.18. The van der Waals surface area contributed by atoms with E-state index in [2.05, 4.69) is 15.1 Å². The van der Waals surface area contributed by atoms with Gasteiger partial charge >= 0.3 is 0 Å². The Kier molecular flexibility index (Phi) is 2.08. The number of hydrogen-bond donors (Lipinski definition) is 0. The minimum Gasteiger partial charge on any atom is -0.241 e. The lowest BCUT2D eigenvalue weighted by Crippen LogP contribution is -1.91. The Labute approximate surface area is 80.6 Å². The van der Waals surface area contributed by atoms with Gasteiger partial charge in [0.1, 0.15) is 0 Å². The zero-order valence-electron chi connectivity index (χ0n) is 7.70.